The Bertz CT molecular complexity index is 300. The molecule has 0 aromatic rings. The number of oxime groups is 1. The second-order valence-corrected chi connectivity index (χ2v) is 3.87. The average Bonchev–Trinajstić information content (AvgIpc) is 2.37. The maximum atomic E-state index is 11.7. The summed E-state index contributed by atoms with van der Waals surface area (Å²) in [6, 6.07) is 0. The van der Waals surface area contributed by atoms with Crippen LogP contribution in [0.15, 0.2) is 16.8 Å². The second kappa shape index (κ2) is 7.70. The molecule has 0 spiro atoms. The highest BCUT2D eigenvalue weighted by atomic mass is 16.6. The first-order valence-corrected chi connectivity index (χ1v) is 5.95. The van der Waals surface area contributed by atoms with Gasteiger partial charge in [0.15, 0.2) is 0 Å². The van der Waals surface area contributed by atoms with Crippen LogP contribution in [-0.2, 0) is 9.57 Å². The van der Waals surface area contributed by atoms with Crippen LogP contribution >= 0.6 is 0 Å². The lowest BCUT2D eigenvalue weighted by Crippen LogP contribution is -2.36. The molecule has 1 aliphatic heterocycles. The van der Waals surface area contributed by atoms with Crippen LogP contribution in [-0.4, -0.2) is 44.0 Å². The number of unbranched alkanes of at least 4 members (excludes halogenated alkanes) is 1. The van der Waals surface area contributed by atoms with Gasteiger partial charge < -0.3 is 14.5 Å². The zero-order chi connectivity index (χ0) is 12.5. The molecule has 0 bridgehead atoms. The summed E-state index contributed by atoms with van der Waals surface area (Å²) < 4.78 is 5.16. The van der Waals surface area contributed by atoms with Crippen molar-refractivity contribution >= 4 is 12.3 Å². The lowest BCUT2D eigenvalue weighted by atomic mass is 10.1. The van der Waals surface area contributed by atoms with Gasteiger partial charge in [-0.05, 0) is 18.4 Å². The number of rotatable bonds is 5. The molecule has 0 aromatic carbocycles. The summed E-state index contributed by atoms with van der Waals surface area (Å²) in [6.45, 7) is 3.81. The van der Waals surface area contributed by atoms with Crippen LogP contribution in [0, 0.1) is 0 Å². The summed E-state index contributed by atoms with van der Waals surface area (Å²) in [7, 11) is 1.50. The van der Waals surface area contributed by atoms with Crippen molar-refractivity contribution in [3.8, 4) is 0 Å². The fraction of sp³-hybridized carbons (Fsp3) is 0.667. The summed E-state index contributed by atoms with van der Waals surface area (Å²) in [6.07, 6.45) is 6.21. The van der Waals surface area contributed by atoms with E-state index in [-0.39, 0.29) is 6.09 Å². The van der Waals surface area contributed by atoms with E-state index in [1.54, 1.807) is 11.1 Å². The predicted molar refractivity (Wildman–Crippen MR) is 66.0 cm³/mol. The van der Waals surface area contributed by atoms with Crippen LogP contribution in [0.4, 0.5) is 4.79 Å². The van der Waals surface area contributed by atoms with E-state index < -0.39 is 0 Å². The molecule has 96 valence electrons. The van der Waals surface area contributed by atoms with Crippen molar-refractivity contribution in [1.29, 1.82) is 0 Å². The van der Waals surface area contributed by atoms with E-state index in [1.165, 1.54) is 7.11 Å². The van der Waals surface area contributed by atoms with Crippen molar-refractivity contribution in [2.24, 2.45) is 5.16 Å². The minimum atomic E-state index is -0.241. The molecule has 17 heavy (non-hydrogen) atoms. The lowest BCUT2D eigenvalue weighted by Gasteiger charge is -2.25. The highest BCUT2D eigenvalue weighted by Gasteiger charge is 2.18. The van der Waals surface area contributed by atoms with Crippen molar-refractivity contribution < 1.29 is 14.4 Å². The van der Waals surface area contributed by atoms with Crippen molar-refractivity contribution in [2.45, 2.75) is 26.2 Å². The van der Waals surface area contributed by atoms with Gasteiger partial charge in [0.2, 0.25) is 0 Å². The van der Waals surface area contributed by atoms with Crippen LogP contribution in [0.25, 0.3) is 0 Å². The Balaban J connectivity index is 2.38. The van der Waals surface area contributed by atoms with Gasteiger partial charge in [-0.1, -0.05) is 24.6 Å². The van der Waals surface area contributed by atoms with Gasteiger partial charge in [-0.25, -0.2) is 4.79 Å². The third-order valence-electron chi connectivity index (χ3n) is 2.48. The highest BCUT2D eigenvalue weighted by Crippen LogP contribution is 2.09. The summed E-state index contributed by atoms with van der Waals surface area (Å²) in [5, 5.41) is 3.69. The molecule has 1 heterocycles. The second-order valence-electron chi connectivity index (χ2n) is 3.87. The number of hydrogen-bond donors (Lipinski definition) is 0. The molecule has 0 radical (unpaired) electrons. The third kappa shape index (κ3) is 4.89. The molecule has 0 saturated carbocycles. The molecule has 1 amide bonds. The van der Waals surface area contributed by atoms with Gasteiger partial charge in [0, 0.05) is 6.54 Å². The largest absolute Gasteiger partial charge is 0.449 e. The number of carbonyl (C=O) groups is 1. The number of hydrogen-bond acceptors (Lipinski definition) is 4. The molecule has 5 nitrogen and oxygen atoms in total. The summed E-state index contributed by atoms with van der Waals surface area (Å²) in [5.74, 6) is 0. The quantitative estimate of drug-likeness (QED) is 0.420. The molecule has 0 atom stereocenters. The van der Waals surface area contributed by atoms with Crippen molar-refractivity contribution in [3.05, 3.63) is 11.6 Å². The summed E-state index contributed by atoms with van der Waals surface area (Å²) in [4.78, 5) is 18.0. The minimum Gasteiger partial charge on any atom is -0.449 e. The van der Waals surface area contributed by atoms with E-state index in [0.717, 1.165) is 24.8 Å². The smallest absolute Gasteiger partial charge is 0.410 e. The molecular formula is C12H20N2O3. The van der Waals surface area contributed by atoms with Crippen molar-refractivity contribution in [2.75, 3.05) is 26.8 Å². The average molecular weight is 240 g/mol. The van der Waals surface area contributed by atoms with Gasteiger partial charge in [0.25, 0.3) is 0 Å². The highest BCUT2D eigenvalue weighted by molar-refractivity contribution is 5.80. The van der Waals surface area contributed by atoms with E-state index in [4.69, 9.17) is 4.74 Å². The summed E-state index contributed by atoms with van der Waals surface area (Å²) in [5.41, 5.74) is 0.977. The SMILES string of the molecule is CCCCOC(=O)N1CCC=C(/C=N/OC)C1. The monoisotopic (exact) mass is 240 g/mol. The molecule has 1 rings (SSSR count). The molecule has 5 heteroatoms. The first kappa shape index (κ1) is 13.5. The number of ether oxygens (including phenoxy) is 1. The van der Waals surface area contributed by atoms with Crippen LogP contribution in [0.5, 0.6) is 0 Å². The van der Waals surface area contributed by atoms with Gasteiger partial charge in [-0.3, -0.25) is 0 Å². The Hall–Kier alpha value is -1.52. The van der Waals surface area contributed by atoms with Crippen LogP contribution in [0.2, 0.25) is 0 Å². The topological polar surface area (TPSA) is 51.1 Å². The van der Waals surface area contributed by atoms with Crippen LogP contribution in [0.1, 0.15) is 26.2 Å². The number of nitrogens with zero attached hydrogens (tertiary/aromatic N) is 2. The first-order valence-electron chi connectivity index (χ1n) is 5.95. The Labute approximate surface area is 102 Å². The molecule has 0 N–H and O–H groups in total. The van der Waals surface area contributed by atoms with E-state index in [9.17, 15) is 4.79 Å². The standard InChI is InChI=1S/C12H20N2O3/c1-3-4-8-17-12(15)14-7-5-6-11(10-14)9-13-16-2/h6,9H,3-5,7-8,10H2,1-2H3/b13-9+. The molecule has 0 aromatic heterocycles. The maximum Gasteiger partial charge on any atom is 0.410 e. The van der Waals surface area contributed by atoms with Gasteiger partial charge >= 0.3 is 6.09 Å². The van der Waals surface area contributed by atoms with Gasteiger partial charge in [0.1, 0.15) is 7.11 Å². The Morgan fingerprint density at radius 1 is 1.65 bits per heavy atom. The molecular weight excluding hydrogens is 220 g/mol. The van der Waals surface area contributed by atoms with Gasteiger partial charge in [-0.15, -0.1) is 0 Å². The fourth-order valence-corrected chi connectivity index (χ4v) is 1.53. The minimum absolute atomic E-state index is 0.241. The zero-order valence-electron chi connectivity index (χ0n) is 10.5. The Kier molecular flexibility index (Phi) is 6.14. The molecule has 0 aliphatic carbocycles. The first-order chi connectivity index (χ1) is 8.27. The van der Waals surface area contributed by atoms with Crippen molar-refractivity contribution in [1.82, 2.24) is 4.90 Å². The van der Waals surface area contributed by atoms with Crippen molar-refractivity contribution in [3.63, 3.8) is 0 Å². The summed E-state index contributed by atoms with van der Waals surface area (Å²) >= 11 is 0. The van der Waals surface area contributed by atoms with Crippen LogP contribution in [0.3, 0.4) is 0 Å². The molecule has 0 unspecified atom stereocenters. The van der Waals surface area contributed by atoms with Crippen LogP contribution < -0.4 is 0 Å². The van der Waals surface area contributed by atoms with Gasteiger partial charge in [0.05, 0.1) is 19.4 Å². The Morgan fingerprint density at radius 3 is 3.18 bits per heavy atom. The van der Waals surface area contributed by atoms with E-state index in [2.05, 4.69) is 23.0 Å². The van der Waals surface area contributed by atoms with E-state index >= 15 is 0 Å². The normalized spacial score (nSPS) is 15.9. The van der Waals surface area contributed by atoms with E-state index in [0.29, 0.717) is 19.7 Å². The Morgan fingerprint density at radius 2 is 2.47 bits per heavy atom. The predicted octanol–water partition coefficient (Wildman–Crippen LogP) is 2.19. The lowest BCUT2D eigenvalue weighted by molar-refractivity contribution is 0.104. The zero-order valence-corrected chi connectivity index (χ0v) is 10.5. The molecule has 1 aliphatic rings. The maximum absolute atomic E-state index is 11.7. The fourth-order valence-electron chi connectivity index (χ4n) is 1.53. The number of carbonyl (C=O) groups excluding carboxylic acids is 1. The van der Waals surface area contributed by atoms with Gasteiger partial charge in [-0.2, -0.15) is 0 Å². The van der Waals surface area contributed by atoms with E-state index in [1.807, 2.05) is 0 Å². The number of amides is 1. The molecule has 0 fully saturated rings. The third-order valence-corrected chi connectivity index (χ3v) is 2.48. The molecule has 0 saturated heterocycles.